The van der Waals surface area contributed by atoms with E-state index in [9.17, 15) is 9.59 Å². The summed E-state index contributed by atoms with van der Waals surface area (Å²) >= 11 is 0. The highest BCUT2D eigenvalue weighted by Crippen LogP contribution is 2.09. The minimum Gasteiger partial charge on any atom is -0.483 e. The van der Waals surface area contributed by atoms with Crippen molar-refractivity contribution < 1.29 is 14.3 Å². The fourth-order valence-electron chi connectivity index (χ4n) is 2.37. The molecule has 3 rings (SSSR count). The van der Waals surface area contributed by atoms with Gasteiger partial charge in [-0.2, -0.15) is 0 Å². The van der Waals surface area contributed by atoms with Crippen LogP contribution in [0.5, 0.6) is 5.75 Å². The molecule has 1 aliphatic heterocycles. The Kier molecular flexibility index (Phi) is 4.73. The van der Waals surface area contributed by atoms with E-state index in [2.05, 4.69) is 4.98 Å². The van der Waals surface area contributed by atoms with Crippen LogP contribution in [0.25, 0.3) is 0 Å². The zero-order valence-electron chi connectivity index (χ0n) is 12.7. The highest BCUT2D eigenvalue weighted by atomic mass is 16.5. The zero-order valence-corrected chi connectivity index (χ0v) is 12.7. The lowest BCUT2D eigenvalue weighted by molar-refractivity contribution is 0.0299. The average Bonchev–Trinajstić information content (AvgIpc) is 2.61. The quantitative estimate of drug-likeness (QED) is 0.926. The highest BCUT2D eigenvalue weighted by Gasteiger charge is 2.19. The first-order valence-corrected chi connectivity index (χ1v) is 7.50. The normalized spacial score (nSPS) is 14.5. The molecule has 0 spiro atoms. The Morgan fingerprint density at radius 2 is 1.96 bits per heavy atom. The third kappa shape index (κ3) is 3.78. The molecule has 6 heteroatoms. The van der Waals surface area contributed by atoms with Gasteiger partial charge in [0.1, 0.15) is 12.3 Å². The van der Waals surface area contributed by atoms with Gasteiger partial charge in [-0.05, 0) is 5.56 Å². The summed E-state index contributed by atoms with van der Waals surface area (Å²) in [6.45, 7) is 2.42. The molecule has 0 aliphatic carbocycles. The first-order valence-electron chi connectivity index (χ1n) is 7.50. The zero-order chi connectivity index (χ0) is 16.1. The lowest BCUT2D eigenvalue weighted by Gasteiger charge is -2.26. The largest absolute Gasteiger partial charge is 0.483 e. The molecule has 0 atom stereocenters. The highest BCUT2D eigenvalue weighted by molar-refractivity contribution is 5.92. The Hall–Kier alpha value is -2.60. The van der Waals surface area contributed by atoms with Gasteiger partial charge in [0.15, 0.2) is 5.75 Å². The second-order valence-electron chi connectivity index (χ2n) is 5.25. The molecule has 0 saturated carbocycles. The molecule has 0 unspecified atom stereocenters. The van der Waals surface area contributed by atoms with Crippen LogP contribution in [0, 0.1) is 0 Å². The summed E-state index contributed by atoms with van der Waals surface area (Å²) < 4.78 is 10.7. The van der Waals surface area contributed by atoms with Crippen LogP contribution in [-0.2, 0) is 11.3 Å². The number of aromatic nitrogens is 1. The van der Waals surface area contributed by atoms with Crippen molar-refractivity contribution in [1.82, 2.24) is 9.88 Å². The number of rotatable bonds is 4. The van der Waals surface area contributed by atoms with E-state index in [1.807, 2.05) is 30.3 Å². The lowest BCUT2D eigenvalue weighted by Crippen LogP contribution is -2.41. The van der Waals surface area contributed by atoms with Crippen LogP contribution in [0.4, 0.5) is 0 Å². The van der Waals surface area contributed by atoms with Crippen molar-refractivity contribution in [3.05, 3.63) is 64.1 Å². The predicted molar refractivity (Wildman–Crippen MR) is 84.6 cm³/mol. The number of amides is 1. The molecule has 0 radical (unpaired) electrons. The molecule has 1 aromatic heterocycles. The summed E-state index contributed by atoms with van der Waals surface area (Å²) in [5.41, 5.74) is 0.931. The summed E-state index contributed by atoms with van der Waals surface area (Å²) in [4.78, 5) is 28.9. The monoisotopic (exact) mass is 314 g/mol. The number of aromatic amines is 1. The maximum absolute atomic E-state index is 12.3. The van der Waals surface area contributed by atoms with E-state index in [0.29, 0.717) is 32.9 Å². The number of morpholine rings is 1. The van der Waals surface area contributed by atoms with Crippen molar-refractivity contribution in [3.63, 3.8) is 0 Å². The van der Waals surface area contributed by atoms with E-state index >= 15 is 0 Å². The van der Waals surface area contributed by atoms with E-state index in [1.165, 1.54) is 12.3 Å². The van der Waals surface area contributed by atoms with E-state index in [-0.39, 0.29) is 22.8 Å². The molecule has 6 nitrogen and oxygen atoms in total. The minimum absolute atomic E-state index is 0.194. The molecule has 1 amide bonds. The number of benzene rings is 1. The molecule has 0 bridgehead atoms. The first-order chi connectivity index (χ1) is 11.2. The molecule has 1 fully saturated rings. The van der Waals surface area contributed by atoms with E-state index < -0.39 is 0 Å². The minimum atomic E-state index is -0.309. The topological polar surface area (TPSA) is 71.6 Å². The van der Waals surface area contributed by atoms with Gasteiger partial charge < -0.3 is 19.4 Å². The maximum atomic E-state index is 12.3. The molecule has 1 saturated heterocycles. The summed E-state index contributed by atoms with van der Waals surface area (Å²) in [5.74, 6) is 0.00684. The Labute approximate surface area is 133 Å². The number of nitrogens with one attached hydrogen (secondary N) is 1. The molecule has 23 heavy (non-hydrogen) atoms. The van der Waals surface area contributed by atoms with Gasteiger partial charge >= 0.3 is 0 Å². The van der Waals surface area contributed by atoms with Crippen LogP contribution in [-0.4, -0.2) is 42.1 Å². The first kappa shape index (κ1) is 15.3. The van der Waals surface area contributed by atoms with Gasteiger partial charge in [-0.1, -0.05) is 30.3 Å². The maximum Gasteiger partial charge on any atom is 0.270 e. The molecule has 2 heterocycles. The number of ether oxygens (including phenoxy) is 2. The predicted octanol–water partition coefficient (Wildman–Crippen LogP) is 1.43. The van der Waals surface area contributed by atoms with Crippen molar-refractivity contribution in [1.29, 1.82) is 0 Å². The SMILES string of the molecule is O=C(c1cc(=O)c(OCc2ccccc2)c[nH]1)N1CCOCC1. The summed E-state index contributed by atoms with van der Waals surface area (Å²) in [6, 6.07) is 10.9. The smallest absolute Gasteiger partial charge is 0.270 e. The number of hydrogen-bond donors (Lipinski definition) is 1. The third-order valence-corrected chi connectivity index (χ3v) is 3.64. The van der Waals surface area contributed by atoms with Gasteiger partial charge in [0.25, 0.3) is 5.91 Å². The van der Waals surface area contributed by atoms with Gasteiger partial charge in [0, 0.05) is 25.4 Å². The molecule has 1 aliphatic rings. The second kappa shape index (κ2) is 7.11. The number of carbonyl (C=O) groups is 1. The molecular formula is C17H18N2O4. The third-order valence-electron chi connectivity index (χ3n) is 3.64. The molecular weight excluding hydrogens is 296 g/mol. The fraction of sp³-hybridized carbons (Fsp3) is 0.294. The molecule has 1 aromatic carbocycles. The molecule has 2 aromatic rings. The van der Waals surface area contributed by atoms with Crippen molar-refractivity contribution >= 4 is 5.91 Å². The average molecular weight is 314 g/mol. The van der Waals surface area contributed by atoms with Crippen molar-refractivity contribution in [2.75, 3.05) is 26.3 Å². The van der Waals surface area contributed by atoms with Gasteiger partial charge in [0.05, 0.1) is 13.2 Å². The van der Waals surface area contributed by atoms with Crippen LogP contribution in [0.15, 0.2) is 47.4 Å². The number of carbonyl (C=O) groups excluding carboxylic acids is 1. The van der Waals surface area contributed by atoms with Crippen LogP contribution in [0.1, 0.15) is 16.1 Å². The Balaban J connectivity index is 1.68. The van der Waals surface area contributed by atoms with Crippen LogP contribution in [0.3, 0.4) is 0 Å². The Bertz CT molecular complexity index is 721. The van der Waals surface area contributed by atoms with Crippen LogP contribution in [0.2, 0.25) is 0 Å². The van der Waals surface area contributed by atoms with Gasteiger partial charge in [-0.3, -0.25) is 9.59 Å². The van der Waals surface area contributed by atoms with Crippen molar-refractivity contribution in [3.8, 4) is 5.75 Å². The fourth-order valence-corrected chi connectivity index (χ4v) is 2.37. The van der Waals surface area contributed by atoms with Gasteiger partial charge in [-0.25, -0.2) is 0 Å². The van der Waals surface area contributed by atoms with Crippen LogP contribution < -0.4 is 10.2 Å². The number of nitrogens with zero attached hydrogens (tertiary/aromatic N) is 1. The Morgan fingerprint density at radius 3 is 2.65 bits per heavy atom. The summed E-state index contributed by atoms with van der Waals surface area (Å²) in [6.07, 6.45) is 1.44. The van der Waals surface area contributed by atoms with Crippen molar-refractivity contribution in [2.45, 2.75) is 6.61 Å². The van der Waals surface area contributed by atoms with E-state index in [1.54, 1.807) is 4.90 Å². The summed E-state index contributed by atoms with van der Waals surface area (Å²) in [7, 11) is 0. The number of H-pyrrole nitrogens is 1. The number of hydrogen-bond acceptors (Lipinski definition) is 4. The van der Waals surface area contributed by atoms with Crippen LogP contribution >= 0.6 is 0 Å². The van der Waals surface area contributed by atoms with E-state index in [4.69, 9.17) is 9.47 Å². The van der Waals surface area contributed by atoms with Gasteiger partial charge in [0.2, 0.25) is 5.43 Å². The summed E-state index contributed by atoms with van der Waals surface area (Å²) in [5, 5.41) is 0. The second-order valence-corrected chi connectivity index (χ2v) is 5.25. The number of pyridine rings is 1. The van der Waals surface area contributed by atoms with Gasteiger partial charge in [-0.15, -0.1) is 0 Å². The Morgan fingerprint density at radius 1 is 1.22 bits per heavy atom. The van der Waals surface area contributed by atoms with E-state index in [0.717, 1.165) is 5.56 Å². The molecule has 1 N–H and O–H groups in total. The lowest BCUT2D eigenvalue weighted by atomic mass is 10.2. The van der Waals surface area contributed by atoms with Crippen molar-refractivity contribution in [2.24, 2.45) is 0 Å². The standard InChI is InChI=1S/C17H18N2O4/c20-15-10-14(17(21)19-6-8-22-9-7-19)18-11-16(15)23-12-13-4-2-1-3-5-13/h1-5,10-11H,6-9,12H2,(H,18,20). The molecule has 120 valence electrons.